The van der Waals surface area contributed by atoms with E-state index >= 15 is 0 Å². The zero-order valence-corrected chi connectivity index (χ0v) is 7.79. The highest BCUT2D eigenvalue weighted by molar-refractivity contribution is 5.69. The molecule has 1 aromatic rings. The third-order valence-electron chi connectivity index (χ3n) is 2.04. The lowest BCUT2D eigenvalue weighted by Gasteiger charge is -2.15. The van der Waals surface area contributed by atoms with E-state index in [9.17, 15) is 10.1 Å². The van der Waals surface area contributed by atoms with Crippen LogP contribution in [0.15, 0.2) is 48.7 Å². The zero-order chi connectivity index (χ0) is 11.5. The molecule has 0 bridgehead atoms. The summed E-state index contributed by atoms with van der Waals surface area (Å²) in [5.41, 5.74) is 0.923. The highest BCUT2D eigenvalue weighted by Gasteiger charge is 2.28. The molecule has 4 heteroatoms. The van der Waals surface area contributed by atoms with E-state index in [0.717, 1.165) is 0 Å². The van der Waals surface area contributed by atoms with Crippen LogP contribution in [0, 0.1) is 10.1 Å². The number of allylic oxidation sites excluding steroid dienone is 2. The first-order valence-corrected chi connectivity index (χ1v) is 4.42. The number of nitro groups is 1. The standard InChI is InChI=1S/C11H9NO3/c13-12(14)11-10(7-4-8-15-11)9-5-2-1-3-6-9/h1-8,11H/i5D. The Kier molecular flexibility index (Phi) is 2.17. The summed E-state index contributed by atoms with van der Waals surface area (Å²) in [6, 6.07) is 6.97. The molecule has 0 radical (unpaired) electrons. The minimum absolute atomic E-state index is 0.250. The van der Waals surface area contributed by atoms with Gasteiger partial charge >= 0.3 is 6.23 Å². The molecule has 0 N–H and O–H groups in total. The summed E-state index contributed by atoms with van der Waals surface area (Å²) < 4.78 is 12.6. The van der Waals surface area contributed by atoms with Gasteiger partial charge in [-0.15, -0.1) is 0 Å². The maximum absolute atomic E-state index is 10.8. The van der Waals surface area contributed by atoms with Gasteiger partial charge in [-0.1, -0.05) is 30.3 Å². The van der Waals surface area contributed by atoms with Crippen LogP contribution >= 0.6 is 0 Å². The second kappa shape index (κ2) is 3.96. The van der Waals surface area contributed by atoms with E-state index in [1.807, 2.05) is 0 Å². The van der Waals surface area contributed by atoms with Crippen molar-refractivity contribution in [3.63, 3.8) is 0 Å². The first kappa shape index (κ1) is 8.23. The Labute approximate surface area is 88.0 Å². The van der Waals surface area contributed by atoms with Crippen LogP contribution in [0.1, 0.15) is 6.93 Å². The van der Waals surface area contributed by atoms with Crippen molar-refractivity contribution in [3.8, 4) is 0 Å². The van der Waals surface area contributed by atoms with Crippen LogP contribution in [0.5, 0.6) is 0 Å². The summed E-state index contributed by atoms with van der Waals surface area (Å²) in [5, 5.41) is 10.8. The maximum atomic E-state index is 10.8. The van der Waals surface area contributed by atoms with Gasteiger partial charge < -0.3 is 4.74 Å². The molecule has 0 amide bonds. The molecule has 0 saturated carbocycles. The van der Waals surface area contributed by atoms with Crippen molar-refractivity contribution < 1.29 is 11.0 Å². The number of nitrogens with zero attached hydrogens (tertiary/aromatic N) is 1. The summed E-state index contributed by atoms with van der Waals surface area (Å²) in [6.45, 7) is 0. The number of ether oxygens (including phenoxy) is 1. The van der Waals surface area contributed by atoms with Gasteiger partial charge in [0.1, 0.15) is 0 Å². The fourth-order valence-electron chi connectivity index (χ4n) is 1.38. The van der Waals surface area contributed by atoms with Crippen molar-refractivity contribution in [2.45, 2.75) is 6.23 Å². The monoisotopic (exact) mass is 204 g/mol. The van der Waals surface area contributed by atoms with Crippen LogP contribution in [0.2, 0.25) is 0 Å². The second-order valence-corrected chi connectivity index (χ2v) is 3.00. The third kappa shape index (κ3) is 1.88. The molecule has 0 aromatic heterocycles. The lowest BCUT2D eigenvalue weighted by atomic mass is 10.0. The quantitative estimate of drug-likeness (QED) is 0.548. The van der Waals surface area contributed by atoms with E-state index in [1.54, 1.807) is 36.4 Å². The van der Waals surface area contributed by atoms with Crippen molar-refractivity contribution in [1.29, 1.82) is 0 Å². The van der Waals surface area contributed by atoms with E-state index in [0.29, 0.717) is 11.1 Å². The van der Waals surface area contributed by atoms with Gasteiger partial charge in [0.05, 0.1) is 18.1 Å². The fraction of sp³-hybridized carbons (Fsp3) is 0.0909. The van der Waals surface area contributed by atoms with Crippen LogP contribution in [-0.4, -0.2) is 11.2 Å². The molecule has 1 aliphatic heterocycles. The highest BCUT2D eigenvalue weighted by atomic mass is 16.7. The molecule has 0 fully saturated rings. The van der Waals surface area contributed by atoms with Gasteiger partial charge in [-0.3, -0.25) is 10.1 Å². The SMILES string of the molecule is [2H]c1ccccc1C1=CC=COC1[N+](=O)[O-]. The lowest BCUT2D eigenvalue weighted by molar-refractivity contribution is -0.551. The minimum Gasteiger partial charge on any atom is -0.434 e. The van der Waals surface area contributed by atoms with Crippen molar-refractivity contribution in [2.75, 3.05) is 0 Å². The average molecular weight is 204 g/mol. The summed E-state index contributed by atoms with van der Waals surface area (Å²) in [5.74, 6) is 0. The molecule has 2 rings (SSSR count). The van der Waals surface area contributed by atoms with Crippen LogP contribution in [0.25, 0.3) is 5.57 Å². The van der Waals surface area contributed by atoms with E-state index in [2.05, 4.69) is 0 Å². The van der Waals surface area contributed by atoms with Gasteiger partial charge in [-0.25, -0.2) is 0 Å². The summed E-state index contributed by atoms with van der Waals surface area (Å²) in [6.07, 6.45) is 3.24. The Morgan fingerprint density at radius 1 is 1.47 bits per heavy atom. The predicted octanol–water partition coefficient (Wildman–Crippen LogP) is 2.22. The van der Waals surface area contributed by atoms with Crippen LogP contribution < -0.4 is 0 Å². The molecule has 1 heterocycles. The molecule has 0 aliphatic carbocycles. The summed E-state index contributed by atoms with van der Waals surface area (Å²) in [4.78, 5) is 10.3. The Morgan fingerprint density at radius 3 is 3.07 bits per heavy atom. The number of hydrogen-bond acceptors (Lipinski definition) is 3. The molecule has 1 aliphatic rings. The minimum atomic E-state index is -1.23. The number of benzene rings is 1. The van der Waals surface area contributed by atoms with E-state index in [4.69, 9.17) is 6.11 Å². The molecule has 4 nitrogen and oxygen atoms in total. The Morgan fingerprint density at radius 2 is 2.33 bits per heavy atom. The topological polar surface area (TPSA) is 52.4 Å². The van der Waals surface area contributed by atoms with Crippen molar-refractivity contribution in [3.05, 3.63) is 64.4 Å². The van der Waals surface area contributed by atoms with Crippen LogP contribution in [0.3, 0.4) is 0 Å². The predicted molar refractivity (Wildman–Crippen MR) is 55.4 cm³/mol. The first-order chi connectivity index (χ1) is 7.70. The summed E-state index contributed by atoms with van der Waals surface area (Å²) >= 11 is 0. The van der Waals surface area contributed by atoms with E-state index in [1.165, 1.54) is 6.26 Å². The lowest BCUT2D eigenvalue weighted by Crippen LogP contribution is -2.24. The second-order valence-electron chi connectivity index (χ2n) is 3.00. The van der Waals surface area contributed by atoms with Gasteiger partial charge in [0.15, 0.2) is 0 Å². The van der Waals surface area contributed by atoms with Crippen LogP contribution in [0.4, 0.5) is 0 Å². The van der Waals surface area contributed by atoms with E-state index < -0.39 is 11.2 Å². The van der Waals surface area contributed by atoms with E-state index in [-0.39, 0.29) is 6.04 Å². The Balaban J connectivity index is 2.45. The van der Waals surface area contributed by atoms with Crippen molar-refractivity contribution >= 4 is 5.57 Å². The molecule has 1 unspecified atom stereocenters. The Bertz CT molecular complexity index is 482. The van der Waals surface area contributed by atoms with Gasteiger partial charge in [0, 0.05) is 0 Å². The third-order valence-corrected chi connectivity index (χ3v) is 2.04. The molecule has 1 atom stereocenters. The van der Waals surface area contributed by atoms with Crippen molar-refractivity contribution in [2.24, 2.45) is 0 Å². The zero-order valence-electron chi connectivity index (χ0n) is 8.79. The number of hydrogen-bond donors (Lipinski definition) is 0. The van der Waals surface area contributed by atoms with Crippen LogP contribution in [-0.2, 0) is 4.74 Å². The molecule has 1 aromatic carbocycles. The van der Waals surface area contributed by atoms with Gasteiger partial charge in [0.2, 0.25) is 0 Å². The Hall–Kier alpha value is -2.10. The van der Waals surface area contributed by atoms with Gasteiger partial charge in [0.25, 0.3) is 0 Å². The smallest absolute Gasteiger partial charge is 0.380 e. The normalized spacial score (nSPS) is 20.1. The molecular weight excluding hydrogens is 194 g/mol. The van der Waals surface area contributed by atoms with Gasteiger partial charge in [-0.2, -0.15) is 0 Å². The molecular formula is C11H9NO3. The fourth-order valence-corrected chi connectivity index (χ4v) is 1.38. The highest BCUT2D eigenvalue weighted by Crippen LogP contribution is 2.23. The van der Waals surface area contributed by atoms with Gasteiger partial charge in [-0.05, 0) is 17.7 Å². The molecule has 76 valence electrons. The molecule has 0 saturated heterocycles. The van der Waals surface area contributed by atoms with Crippen molar-refractivity contribution in [1.82, 2.24) is 0 Å². The first-order valence-electron chi connectivity index (χ1n) is 4.92. The maximum Gasteiger partial charge on any atom is 0.380 e. The molecule has 0 spiro atoms. The largest absolute Gasteiger partial charge is 0.434 e. The average Bonchev–Trinajstić information content (AvgIpc) is 2.29. The summed E-state index contributed by atoms with van der Waals surface area (Å²) in [7, 11) is 0. The molecule has 15 heavy (non-hydrogen) atoms. The number of rotatable bonds is 2.